The second-order valence-corrected chi connectivity index (χ2v) is 6.00. The Kier molecular flexibility index (Phi) is 3.85. The third kappa shape index (κ3) is 2.19. The molecule has 0 aromatic carbocycles. The monoisotopic (exact) mass is 331 g/mol. The molecule has 1 aromatic rings. The SMILES string of the molecule is CCOC(=O)c1csc(N2N=C3CCC[C@H]3[C@@]2(O)C(F)F)n1. The van der Waals surface area contributed by atoms with Crippen LogP contribution < -0.4 is 5.01 Å². The zero-order valence-electron chi connectivity index (χ0n) is 11.8. The van der Waals surface area contributed by atoms with Crippen molar-refractivity contribution in [1.29, 1.82) is 0 Å². The summed E-state index contributed by atoms with van der Waals surface area (Å²) in [6, 6.07) is 0. The molecule has 0 amide bonds. The van der Waals surface area contributed by atoms with Gasteiger partial charge in [0.25, 0.3) is 6.43 Å². The Hall–Kier alpha value is -1.61. The second-order valence-electron chi connectivity index (χ2n) is 5.17. The Bertz CT molecular complexity index is 621. The molecule has 1 saturated carbocycles. The van der Waals surface area contributed by atoms with Crippen molar-refractivity contribution in [2.24, 2.45) is 11.0 Å². The fraction of sp³-hybridized carbons (Fsp3) is 0.615. The molecule has 1 fully saturated rings. The number of rotatable bonds is 4. The number of hydrazone groups is 1. The van der Waals surface area contributed by atoms with Crippen molar-refractivity contribution in [2.45, 2.75) is 38.3 Å². The highest BCUT2D eigenvalue weighted by molar-refractivity contribution is 7.14. The minimum atomic E-state index is -2.99. The van der Waals surface area contributed by atoms with E-state index in [4.69, 9.17) is 4.74 Å². The second kappa shape index (κ2) is 5.54. The van der Waals surface area contributed by atoms with E-state index in [9.17, 15) is 18.7 Å². The summed E-state index contributed by atoms with van der Waals surface area (Å²) < 4.78 is 31.8. The lowest BCUT2D eigenvalue weighted by Crippen LogP contribution is -2.54. The van der Waals surface area contributed by atoms with Gasteiger partial charge in [0, 0.05) is 11.1 Å². The number of carbonyl (C=O) groups excluding carboxylic acids is 1. The quantitative estimate of drug-likeness (QED) is 0.857. The molecule has 1 aliphatic carbocycles. The molecule has 120 valence electrons. The van der Waals surface area contributed by atoms with E-state index in [1.165, 1.54) is 5.38 Å². The number of aromatic nitrogens is 1. The molecule has 2 atom stereocenters. The minimum Gasteiger partial charge on any atom is -0.461 e. The van der Waals surface area contributed by atoms with E-state index in [1.54, 1.807) is 6.92 Å². The average Bonchev–Trinajstić information content (AvgIpc) is 3.16. The maximum absolute atomic E-state index is 13.5. The number of thiazole rings is 1. The lowest BCUT2D eigenvalue weighted by atomic mass is 9.94. The summed E-state index contributed by atoms with van der Waals surface area (Å²) in [5.41, 5.74) is -1.80. The first-order chi connectivity index (χ1) is 10.5. The molecule has 0 spiro atoms. The molecule has 0 radical (unpaired) electrons. The third-order valence-electron chi connectivity index (χ3n) is 3.89. The molecule has 0 unspecified atom stereocenters. The molecule has 1 aromatic heterocycles. The van der Waals surface area contributed by atoms with E-state index in [2.05, 4.69) is 10.1 Å². The van der Waals surface area contributed by atoms with Gasteiger partial charge in [-0.3, -0.25) is 0 Å². The summed E-state index contributed by atoms with van der Waals surface area (Å²) >= 11 is 0.973. The normalized spacial score (nSPS) is 27.2. The van der Waals surface area contributed by atoms with Gasteiger partial charge in [0.05, 0.1) is 12.5 Å². The number of alkyl halides is 2. The van der Waals surface area contributed by atoms with Crippen LogP contribution in [-0.4, -0.2) is 40.5 Å². The zero-order valence-corrected chi connectivity index (χ0v) is 12.6. The van der Waals surface area contributed by atoms with Crippen molar-refractivity contribution >= 4 is 28.1 Å². The number of ether oxygens (including phenoxy) is 1. The van der Waals surface area contributed by atoms with Crippen molar-refractivity contribution in [3.63, 3.8) is 0 Å². The number of esters is 1. The van der Waals surface area contributed by atoms with Gasteiger partial charge in [0.2, 0.25) is 10.9 Å². The summed E-state index contributed by atoms with van der Waals surface area (Å²) in [4.78, 5) is 15.6. The maximum atomic E-state index is 13.5. The van der Waals surface area contributed by atoms with E-state index < -0.39 is 24.0 Å². The number of carbonyl (C=O) groups is 1. The number of anilines is 1. The first-order valence-electron chi connectivity index (χ1n) is 6.99. The van der Waals surface area contributed by atoms with Crippen LogP contribution in [0.2, 0.25) is 0 Å². The fourth-order valence-corrected chi connectivity index (χ4v) is 3.67. The third-order valence-corrected chi connectivity index (χ3v) is 4.70. The summed E-state index contributed by atoms with van der Waals surface area (Å²) in [5, 5.41) is 17.0. The summed E-state index contributed by atoms with van der Waals surface area (Å²) in [5.74, 6) is -1.32. The largest absolute Gasteiger partial charge is 0.461 e. The Morgan fingerprint density at radius 2 is 2.45 bits per heavy atom. The predicted octanol–water partition coefficient (Wildman–Crippen LogP) is 2.25. The van der Waals surface area contributed by atoms with Gasteiger partial charge in [-0.25, -0.2) is 23.6 Å². The van der Waals surface area contributed by atoms with Crippen molar-refractivity contribution in [1.82, 2.24) is 4.98 Å². The van der Waals surface area contributed by atoms with Crippen molar-refractivity contribution in [2.75, 3.05) is 11.6 Å². The van der Waals surface area contributed by atoms with E-state index >= 15 is 0 Å². The van der Waals surface area contributed by atoms with Crippen LogP contribution in [0, 0.1) is 5.92 Å². The van der Waals surface area contributed by atoms with Gasteiger partial charge >= 0.3 is 5.97 Å². The van der Waals surface area contributed by atoms with Gasteiger partial charge in [-0.1, -0.05) is 0 Å². The first kappa shape index (κ1) is 15.3. The highest BCUT2D eigenvalue weighted by Gasteiger charge is 2.59. The number of aliphatic hydroxyl groups is 1. The highest BCUT2D eigenvalue weighted by Crippen LogP contribution is 2.46. The molecular weight excluding hydrogens is 316 g/mol. The predicted molar refractivity (Wildman–Crippen MR) is 76.3 cm³/mol. The van der Waals surface area contributed by atoms with Gasteiger partial charge < -0.3 is 9.84 Å². The van der Waals surface area contributed by atoms with E-state index in [0.717, 1.165) is 22.8 Å². The molecule has 22 heavy (non-hydrogen) atoms. The fourth-order valence-electron chi connectivity index (χ4n) is 2.86. The van der Waals surface area contributed by atoms with Crippen LogP contribution in [0.25, 0.3) is 0 Å². The molecule has 1 aliphatic heterocycles. The molecular formula is C13H15F2N3O3S. The standard InChI is InChI=1S/C13H15F2N3O3S/c1-2-21-10(19)9-6-22-12(16-9)18-13(20,11(14)15)7-4-3-5-8(7)17-18/h6-7,11,20H,2-5H2,1H3/t7-,13-/m1/s1. The highest BCUT2D eigenvalue weighted by atomic mass is 32.1. The maximum Gasteiger partial charge on any atom is 0.357 e. The number of halogens is 2. The van der Waals surface area contributed by atoms with Crippen LogP contribution in [0.15, 0.2) is 10.5 Å². The van der Waals surface area contributed by atoms with Crippen molar-refractivity contribution in [3.05, 3.63) is 11.1 Å². The van der Waals surface area contributed by atoms with E-state index in [-0.39, 0.29) is 17.4 Å². The van der Waals surface area contributed by atoms with E-state index in [1.807, 2.05) is 0 Å². The van der Waals surface area contributed by atoms with E-state index in [0.29, 0.717) is 18.6 Å². The van der Waals surface area contributed by atoms with Gasteiger partial charge in [-0.15, -0.1) is 11.3 Å². The smallest absolute Gasteiger partial charge is 0.357 e. The Balaban J connectivity index is 1.93. The molecule has 9 heteroatoms. The lowest BCUT2D eigenvalue weighted by molar-refractivity contribution is -0.111. The molecule has 3 rings (SSSR count). The molecule has 0 bridgehead atoms. The summed E-state index contributed by atoms with van der Waals surface area (Å²) in [7, 11) is 0. The average molecular weight is 331 g/mol. The van der Waals surface area contributed by atoms with Crippen LogP contribution in [-0.2, 0) is 4.74 Å². The number of hydrogen-bond acceptors (Lipinski definition) is 7. The first-order valence-corrected chi connectivity index (χ1v) is 7.87. The van der Waals surface area contributed by atoms with Crippen LogP contribution in [0.5, 0.6) is 0 Å². The van der Waals surface area contributed by atoms with Crippen molar-refractivity contribution in [3.8, 4) is 0 Å². The van der Waals surface area contributed by atoms with Gasteiger partial charge in [-0.05, 0) is 26.2 Å². The number of fused-ring (bicyclic) bond motifs is 1. The van der Waals surface area contributed by atoms with Crippen LogP contribution >= 0.6 is 11.3 Å². The molecule has 2 heterocycles. The molecule has 2 aliphatic rings. The lowest BCUT2D eigenvalue weighted by Gasteiger charge is -2.33. The van der Waals surface area contributed by atoms with Gasteiger partial charge in [-0.2, -0.15) is 5.10 Å². The van der Waals surface area contributed by atoms with Gasteiger partial charge in [0.1, 0.15) is 0 Å². The molecule has 6 nitrogen and oxygen atoms in total. The topological polar surface area (TPSA) is 75.0 Å². The molecule has 0 saturated heterocycles. The van der Waals surface area contributed by atoms with Crippen LogP contribution in [0.1, 0.15) is 36.7 Å². The van der Waals surface area contributed by atoms with Crippen LogP contribution in [0.3, 0.4) is 0 Å². The Morgan fingerprint density at radius 1 is 1.68 bits per heavy atom. The van der Waals surface area contributed by atoms with Crippen molar-refractivity contribution < 1.29 is 23.4 Å². The number of hydrogen-bond donors (Lipinski definition) is 1. The zero-order chi connectivity index (χ0) is 15.9. The Labute approximate surface area is 129 Å². The summed E-state index contributed by atoms with van der Waals surface area (Å²) in [6.07, 6.45) is -1.21. The number of nitrogens with zero attached hydrogens (tertiary/aromatic N) is 3. The Morgan fingerprint density at radius 3 is 3.14 bits per heavy atom. The molecule has 1 N–H and O–H groups in total. The summed E-state index contributed by atoms with van der Waals surface area (Å²) in [6.45, 7) is 1.86. The van der Waals surface area contributed by atoms with Gasteiger partial charge in [0.15, 0.2) is 5.69 Å². The van der Waals surface area contributed by atoms with Crippen LogP contribution in [0.4, 0.5) is 13.9 Å². The minimum absolute atomic E-state index is 0.0238.